The lowest BCUT2D eigenvalue weighted by Gasteiger charge is -2.39. The average molecular weight is 319 g/mol. The molecule has 0 spiro atoms. The number of alkyl halides is 1. The van der Waals surface area contributed by atoms with Crippen molar-refractivity contribution in [3.63, 3.8) is 0 Å². The maximum absolute atomic E-state index is 5.68. The first-order valence-electron chi connectivity index (χ1n) is 7.90. The maximum atomic E-state index is 5.68. The van der Waals surface area contributed by atoms with Gasteiger partial charge in [0.2, 0.25) is 0 Å². The highest BCUT2D eigenvalue weighted by molar-refractivity contribution is 9.09. The number of ether oxygens (including phenoxy) is 1. The maximum Gasteiger partial charge on any atom is 0.0471 e. The summed E-state index contributed by atoms with van der Waals surface area (Å²) in [5.41, 5.74) is 0.538. The molecule has 0 atom stereocenters. The molecular formula is C16H31BrO. The minimum Gasteiger partial charge on any atom is -0.381 e. The predicted octanol–water partition coefficient (Wildman–Crippen LogP) is 5.56. The summed E-state index contributed by atoms with van der Waals surface area (Å²) in [5.74, 6) is 1.01. The van der Waals surface area contributed by atoms with Gasteiger partial charge in [0.05, 0.1) is 0 Å². The summed E-state index contributed by atoms with van der Waals surface area (Å²) in [5, 5.41) is 1.16. The quantitative estimate of drug-likeness (QED) is 0.399. The largest absolute Gasteiger partial charge is 0.381 e. The van der Waals surface area contributed by atoms with Gasteiger partial charge in [-0.05, 0) is 49.9 Å². The fourth-order valence-electron chi connectivity index (χ4n) is 3.06. The van der Waals surface area contributed by atoms with E-state index in [0.29, 0.717) is 5.41 Å². The van der Waals surface area contributed by atoms with E-state index in [1.165, 1.54) is 51.4 Å². The van der Waals surface area contributed by atoms with Gasteiger partial charge in [0.1, 0.15) is 0 Å². The Morgan fingerprint density at radius 3 is 2.39 bits per heavy atom. The highest BCUT2D eigenvalue weighted by Gasteiger charge is 2.33. The second kappa shape index (κ2) is 9.36. The molecule has 0 aromatic carbocycles. The lowest BCUT2D eigenvalue weighted by Crippen LogP contribution is -2.30. The molecule has 108 valence electrons. The third-order valence-electron chi connectivity index (χ3n) is 4.54. The molecule has 0 amide bonds. The van der Waals surface area contributed by atoms with Crippen LogP contribution in [-0.2, 0) is 4.74 Å². The van der Waals surface area contributed by atoms with Crippen LogP contribution in [-0.4, -0.2) is 18.5 Å². The van der Waals surface area contributed by atoms with E-state index >= 15 is 0 Å². The second-order valence-corrected chi connectivity index (χ2v) is 6.64. The summed E-state index contributed by atoms with van der Waals surface area (Å²) in [6, 6.07) is 0. The summed E-state index contributed by atoms with van der Waals surface area (Å²) in [6.45, 7) is 6.37. The van der Waals surface area contributed by atoms with Gasteiger partial charge in [0, 0.05) is 18.5 Å². The molecule has 1 aliphatic rings. The summed E-state index contributed by atoms with van der Waals surface area (Å²) < 4.78 is 5.68. The number of rotatable bonds is 9. The van der Waals surface area contributed by atoms with Crippen LogP contribution in [0, 0.1) is 11.3 Å². The first-order valence-corrected chi connectivity index (χ1v) is 9.02. The van der Waals surface area contributed by atoms with Gasteiger partial charge in [-0.25, -0.2) is 0 Å². The van der Waals surface area contributed by atoms with Crippen LogP contribution in [0.1, 0.15) is 71.6 Å². The molecule has 0 aromatic heterocycles. The number of halogens is 1. The van der Waals surface area contributed by atoms with E-state index in [4.69, 9.17) is 4.74 Å². The molecule has 0 heterocycles. The molecule has 0 unspecified atom stereocenters. The molecular weight excluding hydrogens is 288 g/mol. The Kier molecular flexibility index (Phi) is 8.58. The van der Waals surface area contributed by atoms with Crippen molar-refractivity contribution < 1.29 is 4.74 Å². The molecule has 2 heteroatoms. The number of hydrogen-bond donors (Lipinski definition) is 0. The van der Waals surface area contributed by atoms with Gasteiger partial charge in [-0.1, -0.05) is 49.0 Å². The lowest BCUT2D eigenvalue weighted by atomic mass is 9.69. The van der Waals surface area contributed by atoms with Crippen LogP contribution in [0.25, 0.3) is 0 Å². The Balaban J connectivity index is 2.26. The highest BCUT2D eigenvalue weighted by Crippen LogP contribution is 2.44. The van der Waals surface area contributed by atoms with Gasteiger partial charge in [-0.2, -0.15) is 0 Å². The Hall–Kier alpha value is 0.440. The highest BCUT2D eigenvalue weighted by atomic mass is 79.9. The number of unbranched alkanes of at least 4 members (excludes halogenated alkanes) is 1. The van der Waals surface area contributed by atoms with Gasteiger partial charge in [0.25, 0.3) is 0 Å². The van der Waals surface area contributed by atoms with Crippen LogP contribution in [0.5, 0.6) is 0 Å². The second-order valence-electron chi connectivity index (χ2n) is 6.08. The lowest BCUT2D eigenvalue weighted by molar-refractivity contribution is 0.0750. The van der Waals surface area contributed by atoms with E-state index in [-0.39, 0.29) is 0 Å². The van der Waals surface area contributed by atoms with E-state index in [9.17, 15) is 0 Å². The van der Waals surface area contributed by atoms with Crippen molar-refractivity contribution in [2.45, 2.75) is 71.6 Å². The average Bonchev–Trinajstić information content (AvgIpc) is 2.43. The smallest absolute Gasteiger partial charge is 0.0471 e. The van der Waals surface area contributed by atoms with E-state index in [0.717, 1.165) is 30.9 Å². The van der Waals surface area contributed by atoms with Crippen molar-refractivity contribution >= 4 is 15.9 Å². The van der Waals surface area contributed by atoms with Crippen molar-refractivity contribution in [1.82, 2.24) is 0 Å². The summed E-state index contributed by atoms with van der Waals surface area (Å²) in [7, 11) is 0. The molecule has 0 radical (unpaired) electrons. The molecule has 0 aliphatic heterocycles. The van der Waals surface area contributed by atoms with E-state index < -0.39 is 0 Å². The van der Waals surface area contributed by atoms with Crippen LogP contribution in [0.15, 0.2) is 0 Å². The third-order valence-corrected chi connectivity index (χ3v) is 5.73. The molecule has 18 heavy (non-hydrogen) atoms. The molecule has 1 fully saturated rings. The molecule has 1 nitrogen and oxygen atoms in total. The Morgan fingerprint density at radius 1 is 1.11 bits per heavy atom. The van der Waals surface area contributed by atoms with Crippen LogP contribution in [0.3, 0.4) is 0 Å². The van der Waals surface area contributed by atoms with Gasteiger partial charge in [-0.15, -0.1) is 0 Å². The van der Waals surface area contributed by atoms with Gasteiger partial charge >= 0.3 is 0 Å². The minimum absolute atomic E-state index is 0.538. The third kappa shape index (κ3) is 5.61. The minimum atomic E-state index is 0.538. The fraction of sp³-hybridized carbons (Fsp3) is 1.00. The summed E-state index contributed by atoms with van der Waals surface area (Å²) in [4.78, 5) is 0. The zero-order valence-corrected chi connectivity index (χ0v) is 13.9. The molecule has 0 aromatic rings. The van der Waals surface area contributed by atoms with Gasteiger partial charge in [0.15, 0.2) is 0 Å². The van der Waals surface area contributed by atoms with E-state index in [1.807, 2.05) is 0 Å². The van der Waals surface area contributed by atoms with Gasteiger partial charge < -0.3 is 4.74 Å². The zero-order valence-electron chi connectivity index (χ0n) is 12.3. The Labute approximate surface area is 122 Å². The first kappa shape index (κ1) is 16.5. The van der Waals surface area contributed by atoms with E-state index in [1.54, 1.807) is 0 Å². The van der Waals surface area contributed by atoms with Crippen LogP contribution in [0.4, 0.5) is 0 Å². The van der Waals surface area contributed by atoms with E-state index in [2.05, 4.69) is 29.8 Å². The molecule has 0 N–H and O–H groups in total. The van der Waals surface area contributed by atoms with Crippen molar-refractivity contribution in [2.24, 2.45) is 11.3 Å². The van der Waals surface area contributed by atoms with Crippen molar-refractivity contribution in [2.75, 3.05) is 18.5 Å². The Bertz CT molecular complexity index is 197. The van der Waals surface area contributed by atoms with Gasteiger partial charge in [-0.3, -0.25) is 0 Å². The number of hydrogen-bond acceptors (Lipinski definition) is 1. The van der Waals surface area contributed by atoms with Crippen molar-refractivity contribution in [1.29, 1.82) is 0 Å². The van der Waals surface area contributed by atoms with Crippen LogP contribution in [0.2, 0.25) is 0 Å². The Morgan fingerprint density at radius 2 is 1.83 bits per heavy atom. The van der Waals surface area contributed by atoms with Crippen LogP contribution >= 0.6 is 15.9 Å². The summed E-state index contributed by atoms with van der Waals surface area (Å²) in [6.07, 6.45) is 12.3. The predicted molar refractivity (Wildman–Crippen MR) is 83.4 cm³/mol. The summed E-state index contributed by atoms with van der Waals surface area (Å²) >= 11 is 3.75. The first-order chi connectivity index (χ1) is 8.76. The van der Waals surface area contributed by atoms with Crippen LogP contribution < -0.4 is 0 Å². The van der Waals surface area contributed by atoms with Crippen molar-refractivity contribution in [3.8, 4) is 0 Å². The van der Waals surface area contributed by atoms with Crippen molar-refractivity contribution in [3.05, 3.63) is 0 Å². The molecule has 0 bridgehead atoms. The standard InChI is InChI=1S/C16H31BrO/c1-3-5-6-15-7-9-16(14-17,10-8-15)11-13-18-12-4-2/h15H,3-14H2,1-2H3. The monoisotopic (exact) mass is 318 g/mol. The molecule has 1 saturated carbocycles. The molecule has 1 rings (SSSR count). The molecule has 0 saturated heterocycles. The zero-order chi connectivity index (χ0) is 13.3. The fourth-order valence-corrected chi connectivity index (χ4v) is 3.90. The normalized spacial score (nSPS) is 28.5. The topological polar surface area (TPSA) is 9.23 Å². The SMILES string of the molecule is CCCCC1CCC(CBr)(CCOCCC)CC1. The molecule has 1 aliphatic carbocycles.